The summed E-state index contributed by atoms with van der Waals surface area (Å²) in [6.45, 7) is 0. The van der Waals surface area contributed by atoms with Crippen molar-refractivity contribution in [2.24, 2.45) is 0 Å². The van der Waals surface area contributed by atoms with Crippen molar-refractivity contribution in [2.75, 3.05) is 0 Å². The molecular formula is C12F8SSe. The van der Waals surface area contributed by atoms with Gasteiger partial charge in [-0.15, -0.1) is 0 Å². The summed E-state index contributed by atoms with van der Waals surface area (Å²) < 4.78 is 106. The molecule has 0 saturated heterocycles. The molecule has 116 valence electrons. The van der Waals surface area contributed by atoms with Gasteiger partial charge >= 0.3 is 127 Å². The molecule has 2 aromatic rings. The number of hydrogen-bond donors (Lipinski definition) is 0. The van der Waals surface area contributed by atoms with Crippen molar-refractivity contribution in [1.82, 2.24) is 0 Å². The van der Waals surface area contributed by atoms with Gasteiger partial charge in [0.15, 0.2) is 0 Å². The second kappa shape index (κ2) is 5.14. The van der Waals surface area contributed by atoms with Gasteiger partial charge in [0.1, 0.15) is 0 Å². The van der Waals surface area contributed by atoms with Crippen LogP contribution < -0.4 is 8.92 Å². The molecule has 0 aliphatic carbocycles. The van der Waals surface area contributed by atoms with E-state index in [9.17, 15) is 35.1 Å². The molecule has 22 heavy (non-hydrogen) atoms. The first-order valence-electron chi connectivity index (χ1n) is 5.33. The molecule has 0 saturated carbocycles. The standard InChI is InChI=1S/C12F8SSe/c13-1-3(15)7(19)11-9(5(1)17)21-10-6(18)2(14)4(16)8(20)12(10)22-11. The van der Waals surface area contributed by atoms with E-state index < -0.39 is 80.2 Å². The van der Waals surface area contributed by atoms with E-state index in [2.05, 4.69) is 0 Å². The first-order valence-corrected chi connectivity index (χ1v) is 7.86. The van der Waals surface area contributed by atoms with Gasteiger partial charge < -0.3 is 0 Å². The maximum atomic E-state index is 13.7. The Bertz CT molecular complexity index is 700. The minimum atomic E-state index is -2.12. The van der Waals surface area contributed by atoms with Crippen LogP contribution in [0.2, 0.25) is 0 Å². The predicted octanol–water partition coefficient (Wildman–Crippen LogP) is 2.92. The second-order valence-electron chi connectivity index (χ2n) is 4.03. The number of hydrogen-bond acceptors (Lipinski definition) is 1. The first kappa shape index (κ1) is 15.6. The van der Waals surface area contributed by atoms with E-state index in [-0.39, 0.29) is 11.8 Å². The zero-order valence-corrected chi connectivity index (χ0v) is 12.4. The van der Waals surface area contributed by atoms with Crippen molar-refractivity contribution in [3.63, 3.8) is 0 Å². The Balaban J connectivity index is 2.32. The summed E-state index contributed by atoms with van der Waals surface area (Å²) in [5, 5.41) is 0. The van der Waals surface area contributed by atoms with Crippen molar-refractivity contribution >= 4 is 35.6 Å². The molecule has 0 radical (unpaired) electrons. The van der Waals surface area contributed by atoms with Gasteiger partial charge in [0.2, 0.25) is 0 Å². The molecule has 0 aromatic heterocycles. The fourth-order valence-electron chi connectivity index (χ4n) is 1.75. The number of rotatable bonds is 0. The molecule has 0 nitrogen and oxygen atoms in total. The van der Waals surface area contributed by atoms with E-state index in [1.807, 2.05) is 0 Å². The molecule has 0 fully saturated rings. The van der Waals surface area contributed by atoms with Gasteiger partial charge in [-0.1, -0.05) is 0 Å². The van der Waals surface area contributed by atoms with Gasteiger partial charge in [-0.2, -0.15) is 0 Å². The Hall–Kier alpha value is -1.25. The summed E-state index contributed by atoms with van der Waals surface area (Å²) in [5.74, 6) is -15.6. The van der Waals surface area contributed by atoms with Crippen molar-refractivity contribution in [3.05, 3.63) is 46.5 Å². The third kappa shape index (κ3) is 1.97. The quantitative estimate of drug-likeness (QED) is 0.239. The van der Waals surface area contributed by atoms with Crippen LogP contribution in [0.5, 0.6) is 0 Å². The summed E-state index contributed by atoms with van der Waals surface area (Å²) in [7, 11) is 0. The minimum absolute atomic E-state index is 0.0179. The Kier molecular flexibility index (Phi) is 3.65. The SMILES string of the molecule is Fc1c(F)c(F)c2c(c1F)Sc1c(F)c(F)c(F)c(F)c1[Se]2. The molecule has 1 aliphatic heterocycles. The molecular weight excluding hydrogens is 407 g/mol. The van der Waals surface area contributed by atoms with Crippen LogP contribution in [0.4, 0.5) is 35.1 Å². The van der Waals surface area contributed by atoms with Crippen LogP contribution in [0.3, 0.4) is 0 Å². The Morgan fingerprint density at radius 3 is 1.14 bits per heavy atom. The molecule has 0 bridgehead atoms. The van der Waals surface area contributed by atoms with E-state index >= 15 is 0 Å². The van der Waals surface area contributed by atoms with Gasteiger partial charge in [-0.3, -0.25) is 0 Å². The molecule has 10 heteroatoms. The van der Waals surface area contributed by atoms with Crippen LogP contribution in [-0.2, 0) is 0 Å². The molecule has 0 amide bonds. The molecule has 0 unspecified atom stereocenters. The van der Waals surface area contributed by atoms with E-state index in [0.717, 1.165) is 0 Å². The number of halogens is 8. The maximum absolute atomic E-state index is 13.7. The van der Waals surface area contributed by atoms with E-state index in [1.165, 1.54) is 0 Å². The summed E-state index contributed by atoms with van der Waals surface area (Å²) in [5.41, 5.74) is 0. The summed E-state index contributed by atoms with van der Waals surface area (Å²) >= 11 is -1.63. The average molecular weight is 407 g/mol. The molecule has 0 N–H and O–H groups in total. The molecule has 0 spiro atoms. The number of fused-ring (bicyclic) bond motifs is 2. The van der Waals surface area contributed by atoms with Gasteiger partial charge in [0.25, 0.3) is 0 Å². The van der Waals surface area contributed by atoms with Crippen molar-refractivity contribution in [2.45, 2.75) is 9.79 Å². The van der Waals surface area contributed by atoms with Crippen molar-refractivity contribution < 1.29 is 35.1 Å². The second-order valence-corrected chi connectivity index (χ2v) is 7.19. The zero-order chi connectivity index (χ0) is 16.3. The fraction of sp³-hybridized carbons (Fsp3) is 0. The third-order valence-electron chi connectivity index (χ3n) is 2.77. The fourth-order valence-corrected chi connectivity index (χ4v) is 5.58. The molecule has 3 rings (SSSR count). The summed E-state index contributed by atoms with van der Waals surface area (Å²) in [4.78, 5) is -1.62. The first-order chi connectivity index (χ1) is 10.3. The molecule has 2 aromatic carbocycles. The average Bonchev–Trinajstić information content (AvgIpc) is 2.52. The summed E-state index contributed by atoms with van der Waals surface area (Å²) in [6.07, 6.45) is 0. The third-order valence-corrected chi connectivity index (χ3v) is 7.00. The van der Waals surface area contributed by atoms with Crippen LogP contribution >= 0.6 is 11.8 Å². The summed E-state index contributed by atoms with van der Waals surface area (Å²) in [6, 6.07) is 0. The predicted molar refractivity (Wildman–Crippen MR) is 61.7 cm³/mol. The van der Waals surface area contributed by atoms with Crippen LogP contribution in [0.1, 0.15) is 0 Å². The van der Waals surface area contributed by atoms with Crippen LogP contribution in [0.25, 0.3) is 0 Å². The molecule has 1 aliphatic rings. The van der Waals surface area contributed by atoms with Gasteiger partial charge in [0.05, 0.1) is 0 Å². The monoisotopic (exact) mass is 408 g/mol. The van der Waals surface area contributed by atoms with Gasteiger partial charge in [0, 0.05) is 0 Å². The van der Waals surface area contributed by atoms with Gasteiger partial charge in [-0.05, 0) is 0 Å². The van der Waals surface area contributed by atoms with Crippen LogP contribution in [0, 0.1) is 46.5 Å². The van der Waals surface area contributed by atoms with Crippen LogP contribution in [-0.4, -0.2) is 15.0 Å². The van der Waals surface area contributed by atoms with Crippen molar-refractivity contribution in [1.29, 1.82) is 0 Å². The molecule has 1 heterocycles. The molecule has 0 atom stereocenters. The van der Waals surface area contributed by atoms with E-state index in [0.29, 0.717) is 0 Å². The van der Waals surface area contributed by atoms with E-state index in [1.54, 1.807) is 0 Å². The topological polar surface area (TPSA) is 0 Å². The Morgan fingerprint density at radius 1 is 0.455 bits per heavy atom. The van der Waals surface area contributed by atoms with Crippen molar-refractivity contribution in [3.8, 4) is 0 Å². The van der Waals surface area contributed by atoms with Gasteiger partial charge in [-0.25, -0.2) is 0 Å². The Labute approximate surface area is 127 Å². The number of benzene rings is 2. The normalized spacial score (nSPS) is 13.1. The van der Waals surface area contributed by atoms with Crippen LogP contribution in [0.15, 0.2) is 9.79 Å². The van der Waals surface area contributed by atoms with E-state index in [4.69, 9.17) is 0 Å². The Morgan fingerprint density at radius 2 is 0.773 bits per heavy atom. The zero-order valence-electron chi connectivity index (χ0n) is 9.84.